The number of hydrogen-bond donors (Lipinski definition) is 1. The maximum Gasteiger partial charge on any atom is 0.246 e. The van der Waals surface area contributed by atoms with Crippen LogP contribution in [0.2, 0.25) is 10.0 Å². The summed E-state index contributed by atoms with van der Waals surface area (Å²) in [5.74, 6) is 0.452. The van der Waals surface area contributed by atoms with Gasteiger partial charge in [0, 0.05) is 13.1 Å². The molecule has 0 aliphatic heterocycles. The van der Waals surface area contributed by atoms with E-state index in [1.807, 2.05) is 19.9 Å². The van der Waals surface area contributed by atoms with Crippen molar-refractivity contribution in [3.05, 3.63) is 58.1 Å². The summed E-state index contributed by atoms with van der Waals surface area (Å²) in [6.07, 6.45) is 3.04. The maximum absolute atomic E-state index is 12.4. The third-order valence-corrected chi connectivity index (χ3v) is 4.58. The molecule has 8 heteroatoms. The van der Waals surface area contributed by atoms with E-state index >= 15 is 0 Å². The van der Waals surface area contributed by atoms with Gasteiger partial charge in [-0.3, -0.25) is 9.59 Å². The van der Waals surface area contributed by atoms with Gasteiger partial charge in [0.15, 0.2) is 11.5 Å². The van der Waals surface area contributed by atoms with E-state index in [0.717, 1.165) is 5.56 Å². The van der Waals surface area contributed by atoms with Gasteiger partial charge in [-0.2, -0.15) is 0 Å². The van der Waals surface area contributed by atoms with Crippen LogP contribution in [0, 0.1) is 0 Å². The van der Waals surface area contributed by atoms with Crippen molar-refractivity contribution in [3.8, 4) is 11.5 Å². The molecule has 160 valence electrons. The second-order valence-corrected chi connectivity index (χ2v) is 7.56. The predicted molar refractivity (Wildman–Crippen MR) is 121 cm³/mol. The van der Waals surface area contributed by atoms with Gasteiger partial charge in [-0.15, -0.1) is 0 Å². The molecular weight excluding hydrogens is 427 g/mol. The molecule has 30 heavy (non-hydrogen) atoms. The number of anilines is 1. The number of carbonyl (C=O) groups excluding carboxylic acids is 2. The van der Waals surface area contributed by atoms with Gasteiger partial charge in [0.1, 0.15) is 0 Å². The summed E-state index contributed by atoms with van der Waals surface area (Å²) in [6, 6.07) is 10.3. The number of benzene rings is 2. The lowest BCUT2D eigenvalue weighted by Gasteiger charge is -2.16. The molecule has 0 radical (unpaired) electrons. The minimum absolute atomic E-state index is 0.0160. The first-order valence-corrected chi connectivity index (χ1v) is 9.98. The summed E-state index contributed by atoms with van der Waals surface area (Å²) in [4.78, 5) is 25.9. The average Bonchev–Trinajstić information content (AvgIpc) is 2.69. The largest absolute Gasteiger partial charge is 0.493 e. The van der Waals surface area contributed by atoms with E-state index in [4.69, 9.17) is 32.7 Å². The van der Waals surface area contributed by atoms with E-state index in [-0.39, 0.29) is 18.6 Å². The van der Waals surface area contributed by atoms with Gasteiger partial charge in [-0.25, -0.2) is 0 Å². The van der Waals surface area contributed by atoms with Crippen molar-refractivity contribution in [1.82, 2.24) is 4.90 Å². The van der Waals surface area contributed by atoms with Gasteiger partial charge in [0.2, 0.25) is 11.8 Å². The number of nitrogens with zero attached hydrogens (tertiary/aromatic N) is 1. The molecule has 1 N–H and O–H groups in total. The van der Waals surface area contributed by atoms with Crippen LogP contribution in [-0.2, 0) is 9.59 Å². The van der Waals surface area contributed by atoms with Crippen LogP contribution in [0.25, 0.3) is 6.08 Å². The number of halogens is 2. The van der Waals surface area contributed by atoms with Crippen molar-refractivity contribution < 1.29 is 19.1 Å². The molecule has 0 fully saturated rings. The van der Waals surface area contributed by atoms with Gasteiger partial charge in [-0.1, -0.05) is 35.3 Å². The van der Waals surface area contributed by atoms with Gasteiger partial charge < -0.3 is 19.7 Å². The number of hydrogen-bond acceptors (Lipinski definition) is 4. The highest BCUT2D eigenvalue weighted by Gasteiger charge is 2.14. The number of ether oxygens (including phenoxy) is 2. The Balaban J connectivity index is 1.99. The zero-order valence-electron chi connectivity index (χ0n) is 17.2. The van der Waals surface area contributed by atoms with E-state index in [1.165, 1.54) is 18.0 Å². The Morgan fingerprint density at radius 1 is 1.13 bits per heavy atom. The monoisotopic (exact) mass is 450 g/mol. The zero-order valence-corrected chi connectivity index (χ0v) is 18.8. The van der Waals surface area contributed by atoms with Crippen LogP contribution in [0.15, 0.2) is 42.5 Å². The third kappa shape index (κ3) is 6.68. The van der Waals surface area contributed by atoms with Crippen molar-refractivity contribution in [2.24, 2.45) is 0 Å². The number of carbonyl (C=O) groups is 2. The molecule has 0 saturated carbocycles. The molecule has 2 rings (SSSR count). The average molecular weight is 451 g/mol. The molecule has 2 aromatic carbocycles. The summed E-state index contributed by atoms with van der Waals surface area (Å²) in [5.41, 5.74) is 1.08. The van der Waals surface area contributed by atoms with Crippen LogP contribution < -0.4 is 14.8 Å². The van der Waals surface area contributed by atoms with Crippen LogP contribution >= 0.6 is 23.2 Å². The van der Waals surface area contributed by atoms with Crippen LogP contribution in [0.1, 0.15) is 19.4 Å². The fourth-order valence-corrected chi connectivity index (χ4v) is 3.02. The van der Waals surface area contributed by atoms with Gasteiger partial charge in [-0.05, 0) is 49.8 Å². The minimum Gasteiger partial charge on any atom is -0.493 e. The summed E-state index contributed by atoms with van der Waals surface area (Å²) in [5, 5.41) is 3.27. The Bertz CT molecular complexity index is 924. The van der Waals surface area contributed by atoms with Crippen molar-refractivity contribution in [2.45, 2.75) is 20.0 Å². The molecule has 0 aliphatic rings. The fourth-order valence-electron chi connectivity index (χ4n) is 2.52. The molecule has 6 nitrogen and oxygen atoms in total. The minimum atomic E-state index is -0.411. The molecule has 2 amide bonds. The van der Waals surface area contributed by atoms with Gasteiger partial charge in [0.25, 0.3) is 0 Å². The molecule has 0 spiro atoms. The molecule has 2 aromatic rings. The lowest BCUT2D eigenvalue weighted by Crippen LogP contribution is -2.34. The third-order valence-electron chi connectivity index (χ3n) is 3.95. The van der Waals surface area contributed by atoms with E-state index in [0.29, 0.717) is 27.2 Å². The first-order chi connectivity index (χ1) is 14.2. The standard InChI is InChI=1S/C22H24Cl2N2O4/c1-14(2)30-18-10-8-15(12-19(18)29-4)9-11-21(28)26(3)13-20(27)25-22-16(23)6-5-7-17(22)24/h5-12,14H,13H2,1-4H3,(H,25,27)/b11-9+. The van der Waals surface area contributed by atoms with Crippen molar-refractivity contribution >= 4 is 46.8 Å². The highest BCUT2D eigenvalue weighted by atomic mass is 35.5. The SMILES string of the molecule is COc1cc(/C=C/C(=O)N(C)CC(=O)Nc2c(Cl)cccc2Cl)ccc1OC(C)C. The molecule has 0 atom stereocenters. The predicted octanol–water partition coefficient (Wildman–Crippen LogP) is 4.90. The van der Waals surface area contributed by atoms with Crippen LogP contribution in [0.3, 0.4) is 0 Å². The molecule has 0 aliphatic carbocycles. The quantitative estimate of drug-likeness (QED) is 0.580. The first-order valence-electron chi connectivity index (χ1n) is 9.23. The Labute approximate surface area is 186 Å². The van der Waals surface area contributed by atoms with Crippen LogP contribution in [0.4, 0.5) is 5.69 Å². The summed E-state index contributed by atoms with van der Waals surface area (Å²) >= 11 is 12.1. The topological polar surface area (TPSA) is 67.9 Å². The highest BCUT2D eigenvalue weighted by Crippen LogP contribution is 2.30. The Hall–Kier alpha value is -2.70. The normalized spacial score (nSPS) is 10.9. The van der Waals surface area contributed by atoms with Crippen LogP contribution in [-0.4, -0.2) is 43.5 Å². The van der Waals surface area contributed by atoms with Crippen molar-refractivity contribution in [3.63, 3.8) is 0 Å². The highest BCUT2D eigenvalue weighted by molar-refractivity contribution is 6.39. The van der Waals surface area contributed by atoms with Crippen molar-refractivity contribution in [1.29, 1.82) is 0 Å². The molecule has 0 bridgehead atoms. The van der Waals surface area contributed by atoms with E-state index < -0.39 is 5.91 Å². The van der Waals surface area contributed by atoms with Gasteiger partial charge in [0.05, 0.1) is 35.5 Å². The second kappa shape index (κ2) is 10.9. The Morgan fingerprint density at radius 3 is 2.40 bits per heavy atom. The number of para-hydroxylation sites is 1. The number of amides is 2. The summed E-state index contributed by atoms with van der Waals surface area (Å²) < 4.78 is 11.0. The number of nitrogens with one attached hydrogen (secondary N) is 1. The maximum atomic E-state index is 12.4. The number of rotatable bonds is 8. The smallest absolute Gasteiger partial charge is 0.246 e. The summed E-state index contributed by atoms with van der Waals surface area (Å²) in [7, 11) is 3.08. The molecule has 0 heterocycles. The fraction of sp³-hybridized carbons (Fsp3) is 0.273. The number of likely N-dealkylation sites (N-methyl/N-ethyl adjacent to an activating group) is 1. The Kier molecular flexibility index (Phi) is 8.57. The molecule has 0 unspecified atom stereocenters. The van der Waals surface area contributed by atoms with E-state index in [9.17, 15) is 9.59 Å². The summed E-state index contributed by atoms with van der Waals surface area (Å²) in [6.45, 7) is 3.70. The number of methoxy groups -OCH3 is 1. The molecule has 0 saturated heterocycles. The van der Waals surface area contributed by atoms with Crippen molar-refractivity contribution in [2.75, 3.05) is 26.0 Å². The lowest BCUT2D eigenvalue weighted by atomic mass is 10.2. The lowest BCUT2D eigenvalue weighted by molar-refractivity contribution is -0.129. The van der Waals surface area contributed by atoms with E-state index in [2.05, 4.69) is 5.32 Å². The van der Waals surface area contributed by atoms with Gasteiger partial charge >= 0.3 is 0 Å². The second-order valence-electron chi connectivity index (χ2n) is 6.75. The Morgan fingerprint density at radius 2 is 1.80 bits per heavy atom. The molecule has 0 aromatic heterocycles. The molecular formula is C22H24Cl2N2O4. The first kappa shape index (κ1) is 23.6. The van der Waals surface area contributed by atoms with E-state index in [1.54, 1.807) is 43.5 Å². The zero-order chi connectivity index (χ0) is 22.3. The van der Waals surface area contributed by atoms with Crippen LogP contribution in [0.5, 0.6) is 11.5 Å².